The summed E-state index contributed by atoms with van der Waals surface area (Å²) in [6.07, 6.45) is 6.82. The molecule has 5 heteroatoms. The van der Waals surface area contributed by atoms with Gasteiger partial charge in [-0.2, -0.15) is 0 Å². The van der Waals surface area contributed by atoms with Gasteiger partial charge in [0, 0.05) is 12.2 Å². The molecule has 136 valence electrons. The zero-order valence-electron chi connectivity index (χ0n) is 15.3. The lowest BCUT2D eigenvalue weighted by Crippen LogP contribution is -2.17. The number of pyridine rings is 2. The van der Waals surface area contributed by atoms with Crippen molar-refractivity contribution >= 4 is 22.4 Å². The number of fused-ring (bicyclic) bond motifs is 2. The molecule has 5 nitrogen and oxygen atoms in total. The van der Waals surface area contributed by atoms with Crippen LogP contribution in [0.4, 0.5) is 5.82 Å². The van der Waals surface area contributed by atoms with Crippen molar-refractivity contribution in [1.82, 2.24) is 14.4 Å². The Morgan fingerprint density at radius 1 is 1.15 bits per heavy atom. The van der Waals surface area contributed by atoms with Crippen LogP contribution in [0.2, 0.25) is 0 Å². The van der Waals surface area contributed by atoms with E-state index in [0.29, 0.717) is 11.6 Å². The van der Waals surface area contributed by atoms with Crippen molar-refractivity contribution in [2.24, 2.45) is 0 Å². The first-order valence-electron chi connectivity index (χ1n) is 9.57. The molecule has 1 fully saturated rings. The van der Waals surface area contributed by atoms with Crippen molar-refractivity contribution in [3.63, 3.8) is 0 Å². The van der Waals surface area contributed by atoms with Crippen LogP contribution in [0.1, 0.15) is 31.2 Å². The van der Waals surface area contributed by atoms with Gasteiger partial charge in [-0.25, -0.2) is 4.98 Å². The zero-order valence-corrected chi connectivity index (χ0v) is 15.3. The van der Waals surface area contributed by atoms with Crippen molar-refractivity contribution in [3.05, 3.63) is 64.6 Å². The number of H-pyrrole nitrogens is 1. The zero-order chi connectivity index (χ0) is 18.4. The smallest absolute Gasteiger partial charge is 0.258 e. The van der Waals surface area contributed by atoms with Crippen LogP contribution < -0.4 is 10.9 Å². The number of para-hydroxylation sites is 1. The number of imidazole rings is 1. The number of rotatable bonds is 3. The number of aromatic amines is 1. The van der Waals surface area contributed by atoms with Crippen LogP contribution in [-0.2, 0) is 0 Å². The minimum Gasteiger partial charge on any atom is -0.367 e. The fourth-order valence-corrected chi connectivity index (χ4v) is 4.14. The average molecular weight is 358 g/mol. The lowest BCUT2D eigenvalue weighted by Gasteiger charge is -2.15. The molecule has 4 aromatic rings. The number of aromatic nitrogens is 3. The van der Waals surface area contributed by atoms with Crippen LogP contribution >= 0.6 is 0 Å². The molecule has 0 amide bonds. The van der Waals surface area contributed by atoms with Gasteiger partial charge in [-0.1, -0.05) is 37.1 Å². The van der Waals surface area contributed by atoms with Gasteiger partial charge in [0.05, 0.1) is 11.1 Å². The van der Waals surface area contributed by atoms with E-state index >= 15 is 0 Å². The van der Waals surface area contributed by atoms with Gasteiger partial charge in [-0.3, -0.25) is 9.20 Å². The first-order chi connectivity index (χ1) is 13.2. The van der Waals surface area contributed by atoms with Crippen LogP contribution in [0.5, 0.6) is 0 Å². The van der Waals surface area contributed by atoms with Crippen molar-refractivity contribution < 1.29 is 0 Å². The molecule has 1 aromatic carbocycles. The summed E-state index contributed by atoms with van der Waals surface area (Å²) < 4.78 is 2.05. The monoisotopic (exact) mass is 358 g/mol. The fourth-order valence-electron chi connectivity index (χ4n) is 4.14. The molecule has 1 aliphatic rings. The summed E-state index contributed by atoms with van der Waals surface area (Å²) in [7, 11) is 0. The summed E-state index contributed by atoms with van der Waals surface area (Å²) in [5, 5.41) is 4.69. The highest BCUT2D eigenvalue weighted by atomic mass is 16.1. The molecule has 27 heavy (non-hydrogen) atoms. The van der Waals surface area contributed by atoms with Crippen molar-refractivity contribution in [1.29, 1.82) is 0 Å². The van der Waals surface area contributed by atoms with Gasteiger partial charge in [0.15, 0.2) is 0 Å². The predicted molar refractivity (Wildman–Crippen MR) is 109 cm³/mol. The molecule has 0 saturated heterocycles. The second-order valence-corrected chi connectivity index (χ2v) is 7.41. The standard InChI is InChI=1S/C22H22N4O/c1-14-7-6-8-15-13-17(22(27)25-19(14)15)20-21(23-16-9-2-3-10-16)26-12-5-4-11-18(26)24-20/h4-8,11-13,16,23H,2-3,9-10H2,1H3,(H,25,27). The largest absolute Gasteiger partial charge is 0.367 e. The van der Waals surface area contributed by atoms with Gasteiger partial charge >= 0.3 is 0 Å². The Kier molecular flexibility index (Phi) is 3.74. The Morgan fingerprint density at radius 2 is 2.00 bits per heavy atom. The summed E-state index contributed by atoms with van der Waals surface area (Å²) in [6, 6.07) is 14.4. The fraction of sp³-hybridized carbons (Fsp3) is 0.273. The maximum Gasteiger partial charge on any atom is 0.258 e. The number of nitrogens with one attached hydrogen (secondary N) is 2. The topological polar surface area (TPSA) is 62.2 Å². The highest BCUT2D eigenvalue weighted by Gasteiger charge is 2.22. The number of anilines is 1. The van der Waals surface area contributed by atoms with Gasteiger partial charge in [-0.15, -0.1) is 0 Å². The summed E-state index contributed by atoms with van der Waals surface area (Å²) in [5.74, 6) is 0.912. The Labute approximate surface area is 157 Å². The SMILES string of the molecule is Cc1cccc2cc(-c3nc4ccccn4c3NC3CCCC3)c(=O)[nH]c12. The van der Waals surface area contributed by atoms with E-state index in [0.717, 1.165) is 46.5 Å². The third-order valence-corrected chi connectivity index (χ3v) is 5.57. The lowest BCUT2D eigenvalue weighted by atomic mass is 10.1. The van der Waals surface area contributed by atoms with E-state index in [-0.39, 0.29) is 5.56 Å². The molecule has 0 unspecified atom stereocenters. The van der Waals surface area contributed by atoms with Crippen LogP contribution in [-0.4, -0.2) is 20.4 Å². The van der Waals surface area contributed by atoms with E-state index in [1.165, 1.54) is 12.8 Å². The second-order valence-electron chi connectivity index (χ2n) is 7.41. The first-order valence-corrected chi connectivity index (χ1v) is 9.57. The minimum absolute atomic E-state index is 0.102. The molecule has 0 bridgehead atoms. The molecule has 0 atom stereocenters. The lowest BCUT2D eigenvalue weighted by molar-refractivity contribution is 0.749. The molecule has 3 aromatic heterocycles. The van der Waals surface area contributed by atoms with Gasteiger partial charge in [-0.05, 0) is 48.9 Å². The normalized spacial score (nSPS) is 15.0. The highest BCUT2D eigenvalue weighted by Crippen LogP contribution is 2.31. The molecule has 1 aliphatic carbocycles. The number of nitrogens with zero attached hydrogens (tertiary/aromatic N) is 2. The molecular weight excluding hydrogens is 336 g/mol. The molecule has 5 rings (SSSR count). The number of benzene rings is 1. The summed E-state index contributed by atoms with van der Waals surface area (Å²) >= 11 is 0. The predicted octanol–water partition coefficient (Wildman–Crippen LogP) is 4.51. The summed E-state index contributed by atoms with van der Waals surface area (Å²) in [5.41, 5.74) is 4.03. The van der Waals surface area contributed by atoms with E-state index in [1.807, 2.05) is 60.0 Å². The quantitative estimate of drug-likeness (QED) is 0.566. The minimum atomic E-state index is -0.102. The maximum atomic E-state index is 12.9. The van der Waals surface area contributed by atoms with Crippen LogP contribution in [0, 0.1) is 6.92 Å². The van der Waals surface area contributed by atoms with Gasteiger partial charge < -0.3 is 10.3 Å². The van der Waals surface area contributed by atoms with Gasteiger partial charge in [0.2, 0.25) is 0 Å². The third kappa shape index (κ3) is 2.70. The number of hydrogen-bond acceptors (Lipinski definition) is 3. The Morgan fingerprint density at radius 3 is 2.85 bits per heavy atom. The van der Waals surface area contributed by atoms with Crippen LogP contribution in [0.15, 0.2) is 53.5 Å². The Balaban J connectivity index is 1.73. The molecule has 2 N–H and O–H groups in total. The number of aryl methyl sites for hydroxylation is 1. The van der Waals surface area contributed by atoms with Crippen LogP contribution in [0.25, 0.3) is 27.8 Å². The van der Waals surface area contributed by atoms with E-state index in [2.05, 4.69) is 10.3 Å². The Bertz CT molecular complexity index is 1200. The Hall–Kier alpha value is -3.08. The van der Waals surface area contributed by atoms with E-state index in [1.54, 1.807) is 0 Å². The molecule has 0 spiro atoms. The van der Waals surface area contributed by atoms with Crippen molar-refractivity contribution in [2.75, 3.05) is 5.32 Å². The molecule has 0 aliphatic heterocycles. The van der Waals surface area contributed by atoms with Crippen LogP contribution in [0.3, 0.4) is 0 Å². The number of hydrogen-bond donors (Lipinski definition) is 2. The molecular formula is C22H22N4O. The van der Waals surface area contributed by atoms with Gasteiger partial charge in [0.1, 0.15) is 17.2 Å². The van der Waals surface area contributed by atoms with Gasteiger partial charge in [0.25, 0.3) is 5.56 Å². The highest BCUT2D eigenvalue weighted by molar-refractivity contribution is 5.87. The van der Waals surface area contributed by atoms with E-state index in [9.17, 15) is 4.79 Å². The average Bonchev–Trinajstić information content (AvgIpc) is 3.31. The van der Waals surface area contributed by atoms with Crippen molar-refractivity contribution in [2.45, 2.75) is 38.6 Å². The maximum absolute atomic E-state index is 12.9. The molecule has 0 radical (unpaired) electrons. The van der Waals surface area contributed by atoms with Crippen molar-refractivity contribution in [3.8, 4) is 11.3 Å². The summed E-state index contributed by atoms with van der Waals surface area (Å²) in [6.45, 7) is 2.01. The first kappa shape index (κ1) is 16.1. The second kappa shape index (κ2) is 6.27. The van der Waals surface area contributed by atoms with E-state index in [4.69, 9.17) is 4.98 Å². The summed E-state index contributed by atoms with van der Waals surface area (Å²) in [4.78, 5) is 20.8. The third-order valence-electron chi connectivity index (χ3n) is 5.57. The van der Waals surface area contributed by atoms with E-state index < -0.39 is 0 Å². The molecule has 1 saturated carbocycles. The molecule has 3 heterocycles.